The van der Waals surface area contributed by atoms with Crippen molar-refractivity contribution >= 4 is 16.9 Å². The summed E-state index contributed by atoms with van der Waals surface area (Å²) < 4.78 is 19.8. The van der Waals surface area contributed by atoms with E-state index in [1.54, 1.807) is 0 Å². The molecular weight excluding hydrogens is 216 g/mol. The Bertz CT molecular complexity index is 220. The normalized spacial score (nSPS) is 15.2. The highest BCUT2D eigenvalue weighted by molar-refractivity contribution is 8.21. The van der Waals surface area contributed by atoms with Crippen LogP contribution in [0.3, 0.4) is 0 Å². The minimum Gasteiger partial charge on any atom is -0.369 e. The highest BCUT2D eigenvalue weighted by atomic mass is 32.3. The van der Waals surface area contributed by atoms with Crippen LogP contribution >= 0.6 is 11.0 Å². The molecule has 0 amide bonds. The lowest BCUT2D eigenvalue weighted by Gasteiger charge is -2.26. The first kappa shape index (κ1) is 14.5. The van der Waals surface area contributed by atoms with Gasteiger partial charge < -0.3 is 5.73 Å². The zero-order valence-electron chi connectivity index (χ0n) is 9.53. The highest BCUT2D eigenvalue weighted by Crippen LogP contribution is 2.21. The van der Waals surface area contributed by atoms with Gasteiger partial charge in [-0.1, -0.05) is 31.7 Å². The van der Waals surface area contributed by atoms with Crippen LogP contribution in [0.5, 0.6) is 0 Å². The number of hydrogen-bond donors (Lipinski definition) is 5. The molecule has 0 fully saturated rings. The molecule has 0 bridgehead atoms. The third-order valence-corrected chi connectivity index (χ3v) is 2.13. The van der Waals surface area contributed by atoms with E-state index in [1.165, 1.54) is 0 Å². The first-order valence-corrected chi connectivity index (χ1v) is 6.35. The fraction of sp³-hybridized carbons (Fsp3) is 0.875. The summed E-state index contributed by atoms with van der Waals surface area (Å²) >= 11 is 0. The van der Waals surface area contributed by atoms with Crippen molar-refractivity contribution in [3.8, 4) is 0 Å². The zero-order valence-corrected chi connectivity index (χ0v) is 10.3. The average Bonchev–Trinajstić information content (AvgIpc) is 1.92. The van der Waals surface area contributed by atoms with E-state index < -0.39 is 11.0 Å². The number of guanidine groups is 1. The van der Waals surface area contributed by atoms with Gasteiger partial charge in [0.15, 0.2) is 0 Å². The van der Waals surface area contributed by atoms with Crippen LogP contribution in [0.2, 0.25) is 0 Å². The number of nitrogens with two attached hydrogens (primary N) is 2. The molecule has 0 radical (unpaired) electrons. The van der Waals surface area contributed by atoms with Gasteiger partial charge in [-0.25, -0.2) is 9.86 Å². The van der Waals surface area contributed by atoms with Crippen molar-refractivity contribution in [2.24, 2.45) is 21.3 Å². The zero-order chi connectivity index (χ0) is 12.1. The SMILES string of the molecule is CC(C)(C)CCCN=C(N)NS(N)(O)O. The second-order valence-electron chi connectivity index (χ2n) is 4.63. The Morgan fingerprint density at radius 3 is 2.33 bits per heavy atom. The second-order valence-corrected chi connectivity index (χ2v) is 6.02. The molecule has 0 saturated carbocycles. The largest absolute Gasteiger partial charge is 0.369 e. The van der Waals surface area contributed by atoms with E-state index in [2.05, 4.69) is 30.5 Å². The van der Waals surface area contributed by atoms with E-state index >= 15 is 0 Å². The lowest BCUT2D eigenvalue weighted by Crippen LogP contribution is -2.37. The Labute approximate surface area is 92.8 Å². The van der Waals surface area contributed by atoms with Gasteiger partial charge in [0.25, 0.3) is 0 Å². The van der Waals surface area contributed by atoms with Crippen LogP contribution in [0.4, 0.5) is 0 Å². The van der Waals surface area contributed by atoms with Crippen molar-refractivity contribution in [2.75, 3.05) is 6.54 Å². The standard InChI is InChI=1S/C8H22N4O2S/c1-8(2,3)5-4-6-11-7(9)12-15(10,13)14/h13-14H,4-6,10H2,1-3H3,(H3,9,11,12). The molecule has 7 N–H and O–H groups in total. The van der Waals surface area contributed by atoms with Crippen molar-refractivity contribution in [3.63, 3.8) is 0 Å². The number of hydrogen-bond acceptors (Lipinski definition) is 4. The number of nitrogens with one attached hydrogen (secondary N) is 1. The summed E-state index contributed by atoms with van der Waals surface area (Å²) in [5.74, 6) is -0.0357. The van der Waals surface area contributed by atoms with Crippen LogP contribution in [-0.4, -0.2) is 21.6 Å². The number of rotatable bonds is 4. The monoisotopic (exact) mass is 238 g/mol. The van der Waals surface area contributed by atoms with Crippen LogP contribution in [0.25, 0.3) is 0 Å². The Kier molecular flexibility index (Phi) is 5.36. The molecule has 0 spiro atoms. The molecule has 0 rings (SSSR count). The van der Waals surface area contributed by atoms with Crippen LogP contribution in [0.15, 0.2) is 4.99 Å². The summed E-state index contributed by atoms with van der Waals surface area (Å²) in [4.78, 5) is 3.92. The predicted octanol–water partition coefficient (Wildman–Crippen LogP) is 1.26. The average molecular weight is 238 g/mol. The van der Waals surface area contributed by atoms with E-state index in [-0.39, 0.29) is 11.4 Å². The van der Waals surface area contributed by atoms with Gasteiger partial charge in [-0.2, -0.15) is 0 Å². The van der Waals surface area contributed by atoms with E-state index in [9.17, 15) is 0 Å². The first-order valence-electron chi connectivity index (χ1n) is 4.74. The topological polar surface area (TPSA) is 117 Å². The van der Waals surface area contributed by atoms with Gasteiger partial charge in [0.2, 0.25) is 5.96 Å². The van der Waals surface area contributed by atoms with Crippen LogP contribution in [0, 0.1) is 5.41 Å². The summed E-state index contributed by atoms with van der Waals surface area (Å²) in [5, 5.41) is 4.93. The van der Waals surface area contributed by atoms with Crippen molar-refractivity contribution < 1.29 is 9.11 Å². The lowest BCUT2D eigenvalue weighted by atomic mass is 9.91. The van der Waals surface area contributed by atoms with Gasteiger partial charge in [0.1, 0.15) is 0 Å². The summed E-state index contributed by atoms with van der Waals surface area (Å²) in [7, 11) is -3.29. The van der Waals surface area contributed by atoms with Gasteiger partial charge >= 0.3 is 0 Å². The van der Waals surface area contributed by atoms with E-state index in [0.717, 1.165) is 12.8 Å². The molecule has 0 unspecified atom stereocenters. The summed E-state index contributed by atoms with van der Waals surface area (Å²) in [6.07, 6.45) is 1.93. The Morgan fingerprint density at radius 2 is 1.93 bits per heavy atom. The molecule has 6 nitrogen and oxygen atoms in total. The molecule has 0 aliphatic rings. The fourth-order valence-corrected chi connectivity index (χ4v) is 1.37. The molecule has 0 heterocycles. The van der Waals surface area contributed by atoms with Crippen LogP contribution < -0.4 is 15.6 Å². The van der Waals surface area contributed by atoms with E-state index in [0.29, 0.717) is 6.54 Å². The van der Waals surface area contributed by atoms with Crippen molar-refractivity contribution in [3.05, 3.63) is 0 Å². The van der Waals surface area contributed by atoms with Gasteiger partial charge in [-0.3, -0.25) is 14.1 Å². The smallest absolute Gasteiger partial charge is 0.208 e. The van der Waals surface area contributed by atoms with Gasteiger partial charge in [-0.05, 0) is 18.3 Å². The number of nitrogens with zero attached hydrogens (tertiary/aromatic N) is 1. The molecule has 7 heteroatoms. The molecule has 0 atom stereocenters. The van der Waals surface area contributed by atoms with Crippen LogP contribution in [-0.2, 0) is 0 Å². The first-order chi connectivity index (χ1) is 6.60. The molecular formula is C8H22N4O2S. The molecule has 92 valence electrons. The van der Waals surface area contributed by atoms with Crippen molar-refractivity contribution in [1.29, 1.82) is 0 Å². The minimum atomic E-state index is -3.29. The molecule has 0 aliphatic heterocycles. The van der Waals surface area contributed by atoms with E-state index in [1.807, 2.05) is 0 Å². The fourth-order valence-electron chi connectivity index (χ4n) is 0.995. The maximum Gasteiger partial charge on any atom is 0.208 e. The predicted molar refractivity (Wildman–Crippen MR) is 65.4 cm³/mol. The third-order valence-electron chi connectivity index (χ3n) is 1.62. The number of aliphatic imine (C=N–C) groups is 1. The highest BCUT2D eigenvalue weighted by Gasteiger charge is 2.09. The molecule has 0 aromatic carbocycles. The van der Waals surface area contributed by atoms with Crippen molar-refractivity contribution in [2.45, 2.75) is 33.6 Å². The molecule has 15 heavy (non-hydrogen) atoms. The minimum absolute atomic E-state index is 0.0357. The van der Waals surface area contributed by atoms with Crippen LogP contribution in [0.1, 0.15) is 33.6 Å². The van der Waals surface area contributed by atoms with Gasteiger partial charge in [0, 0.05) is 6.54 Å². The van der Waals surface area contributed by atoms with E-state index in [4.69, 9.17) is 20.0 Å². The molecule has 0 aromatic rings. The molecule has 0 saturated heterocycles. The maximum atomic E-state index is 8.82. The third kappa shape index (κ3) is 11.4. The Morgan fingerprint density at radius 1 is 1.40 bits per heavy atom. The summed E-state index contributed by atoms with van der Waals surface area (Å²) in [6, 6.07) is 0. The maximum absolute atomic E-state index is 8.82. The Balaban J connectivity index is 3.78. The summed E-state index contributed by atoms with van der Waals surface area (Å²) in [6.45, 7) is 6.99. The lowest BCUT2D eigenvalue weighted by molar-refractivity contribution is 0.368. The van der Waals surface area contributed by atoms with Crippen molar-refractivity contribution in [1.82, 2.24) is 4.72 Å². The molecule has 0 aliphatic carbocycles. The summed E-state index contributed by atoms with van der Waals surface area (Å²) in [5.41, 5.74) is 5.64. The Hall–Kier alpha value is -0.500. The molecule has 0 aromatic heterocycles. The van der Waals surface area contributed by atoms with Gasteiger partial charge in [-0.15, -0.1) is 0 Å². The van der Waals surface area contributed by atoms with Gasteiger partial charge in [0.05, 0.1) is 0 Å². The second kappa shape index (κ2) is 5.55. The quantitative estimate of drug-likeness (QED) is 0.287.